The molecule has 0 aromatic rings. The van der Waals surface area contributed by atoms with E-state index in [9.17, 15) is 14.4 Å². The van der Waals surface area contributed by atoms with Crippen LogP contribution in [0.3, 0.4) is 0 Å². The molecule has 0 radical (unpaired) electrons. The van der Waals surface area contributed by atoms with Gasteiger partial charge in [-0.05, 0) is 38.0 Å². The highest BCUT2D eigenvalue weighted by Crippen LogP contribution is 2.60. The van der Waals surface area contributed by atoms with Gasteiger partial charge >= 0.3 is 0 Å². The van der Waals surface area contributed by atoms with E-state index < -0.39 is 11.0 Å². The van der Waals surface area contributed by atoms with Gasteiger partial charge in [-0.2, -0.15) is 0 Å². The van der Waals surface area contributed by atoms with Crippen molar-refractivity contribution in [3.05, 3.63) is 12.7 Å². The molecule has 1 aliphatic carbocycles. The van der Waals surface area contributed by atoms with Crippen LogP contribution in [0.2, 0.25) is 0 Å². The number of fused-ring (bicyclic) bond motifs is 2. The third-order valence-corrected chi connectivity index (χ3v) is 6.75. The average Bonchev–Trinajstić information content (AvgIpc) is 2.82. The number of Topliss-reactive ketones (excluding diaryl/α,β-unsaturated/α-hetero) is 1. The van der Waals surface area contributed by atoms with Crippen LogP contribution in [0, 0.1) is 16.7 Å². The van der Waals surface area contributed by atoms with Gasteiger partial charge in [0, 0.05) is 12.3 Å². The molecule has 2 fully saturated rings. The fourth-order valence-corrected chi connectivity index (χ4v) is 4.65. The van der Waals surface area contributed by atoms with Crippen LogP contribution in [0.4, 0.5) is 0 Å². The summed E-state index contributed by atoms with van der Waals surface area (Å²) in [4.78, 5) is 40.4. The van der Waals surface area contributed by atoms with E-state index >= 15 is 0 Å². The topological polar surface area (TPSA) is 54.5 Å². The minimum Gasteiger partial charge on any atom is -0.299 e. The number of carbonyl (C=O) groups excluding carboxylic acids is 3. The molecule has 1 aliphatic heterocycles. The van der Waals surface area contributed by atoms with Crippen LogP contribution < -0.4 is 0 Å². The summed E-state index contributed by atoms with van der Waals surface area (Å²) in [6.07, 6.45) is 4.25. The monoisotopic (exact) mass is 319 g/mol. The summed E-state index contributed by atoms with van der Waals surface area (Å²) in [6.45, 7) is 13.5. The van der Waals surface area contributed by atoms with E-state index in [0.717, 1.165) is 12.8 Å². The summed E-state index contributed by atoms with van der Waals surface area (Å²) in [7, 11) is 0. The largest absolute Gasteiger partial charge is 0.299 e. The zero-order valence-electron chi connectivity index (χ0n) is 15.1. The number of nitrogens with zero attached hydrogens (tertiary/aromatic N) is 1. The Morgan fingerprint density at radius 2 is 1.96 bits per heavy atom. The van der Waals surface area contributed by atoms with Crippen molar-refractivity contribution in [3.8, 4) is 0 Å². The third-order valence-electron chi connectivity index (χ3n) is 6.75. The van der Waals surface area contributed by atoms with Crippen molar-refractivity contribution in [3.63, 3.8) is 0 Å². The SMILES string of the molecule is C=CC[C@](CC)(C(=O)CC)C(=O)N1C(=O)[C@H]2CC[C@]1(C)C2(C)C. The van der Waals surface area contributed by atoms with Gasteiger partial charge in [-0.25, -0.2) is 0 Å². The molecule has 4 nitrogen and oxygen atoms in total. The maximum Gasteiger partial charge on any atom is 0.243 e. The standard InChI is InChI=1S/C19H29NO3/c1-7-11-19(9-3,14(21)8-2)16(23)20-15(22)13-10-12-18(20,6)17(13,4)5/h7,13H,1,8-12H2,2-6H3/t13-,18-,19-/m1/s1. The van der Waals surface area contributed by atoms with E-state index in [0.29, 0.717) is 19.3 Å². The minimum absolute atomic E-state index is 0.0955. The van der Waals surface area contributed by atoms with E-state index in [-0.39, 0.29) is 28.9 Å². The van der Waals surface area contributed by atoms with E-state index in [1.54, 1.807) is 13.0 Å². The number of hydrogen-bond donors (Lipinski definition) is 0. The van der Waals surface area contributed by atoms with Crippen molar-refractivity contribution in [2.75, 3.05) is 0 Å². The van der Waals surface area contributed by atoms with Crippen LogP contribution in [-0.4, -0.2) is 28.0 Å². The number of carbonyl (C=O) groups is 3. The molecule has 2 aliphatic rings. The molecule has 0 spiro atoms. The van der Waals surface area contributed by atoms with E-state index in [4.69, 9.17) is 0 Å². The summed E-state index contributed by atoms with van der Waals surface area (Å²) in [5, 5.41) is 0. The maximum absolute atomic E-state index is 13.4. The first-order valence-electron chi connectivity index (χ1n) is 8.66. The van der Waals surface area contributed by atoms with Crippen LogP contribution in [0.15, 0.2) is 12.7 Å². The number of imide groups is 1. The molecule has 2 rings (SSSR count). The molecule has 128 valence electrons. The fraction of sp³-hybridized carbons (Fsp3) is 0.737. The summed E-state index contributed by atoms with van der Waals surface area (Å²) < 4.78 is 0. The van der Waals surface area contributed by atoms with E-state index in [1.807, 2.05) is 13.8 Å². The summed E-state index contributed by atoms with van der Waals surface area (Å²) in [6, 6.07) is 0. The number of amides is 2. The van der Waals surface area contributed by atoms with Gasteiger partial charge in [0.05, 0.1) is 5.54 Å². The number of piperidine rings is 1. The number of allylic oxidation sites excluding steroid dienone is 1. The van der Waals surface area contributed by atoms with Gasteiger partial charge in [-0.3, -0.25) is 19.3 Å². The quantitative estimate of drug-likeness (QED) is 0.556. The van der Waals surface area contributed by atoms with Crippen molar-refractivity contribution in [2.24, 2.45) is 16.7 Å². The molecule has 2 bridgehead atoms. The van der Waals surface area contributed by atoms with Crippen LogP contribution in [-0.2, 0) is 14.4 Å². The molecule has 0 aromatic carbocycles. The van der Waals surface area contributed by atoms with Gasteiger partial charge in [0.15, 0.2) is 0 Å². The normalized spacial score (nSPS) is 31.1. The molecule has 1 heterocycles. The number of rotatable bonds is 6. The lowest BCUT2D eigenvalue weighted by Crippen LogP contribution is -2.58. The predicted octanol–water partition coefficient (Wildman–Crippen LogP) is 3.50. The van der Waals surface area contributed by atoms with Gasteiger partial charge in [0.25, 0.3) is 0 Å². The number of hydrogen-bond acceptors (Lipinski definition) is 3. The maximum atomic E-state index is 13.4. The second-order valence-corrected chi connectivity index (χ2v) is 7.77. The summed E-state index contributed by atoms with van der Waals surface area (Å²) in [5.41, 5.74) is -1.89. The highest BCUT2D eigenvalue weighted by Gasteiger charge is 2.68. The summed E-state index contributed by atoms with van der Waals surface area (Å²) >= 11 is 0. The van der Waals surface area contributed by atoms with Gasteiger partial charge < -0.3 is 0 Å². The van der Waals surface area contributed by atoms with Crippen LogP contribution in [0.1, 0.15) is 66.7 Å². The van der Waals surface area contributed by atoms with Gasteiger partial charge in [0.1, 0.15) is 11.2 Å². The predicted molar refractivity (Wildman–Crippen MR) is 89.6 cm³/mol. The average molecular weight is 319 g/mol. The Balaban J connectivity index is 2.52. The Kier molecular flexibility index (Phi) is 4.33. The molecular formula is C19H29NO3. The highest BCUT2D eigenvalue weighted by atomic mass is 16.2. The number of likely N-dealkylation sites (tertiary alicyclic amines) is 1. The zero-order chi connectivity index (χ0) is 17.6. The molecule has 1 saturated heterocycles. The van der Waals surface area contributed by atoms with Gasteiger partial charge in [-0.1, -0.05) is 33.8 Å². The molecule has 23 heavy (non-hydrogen) atoms. The lowest BCUT2D eigenvalue weighted by Gasteiger charge is -2.44. The molecule has 0 N–H and O–H groups in total. The van der Waals surface area contributed by atoms with Crippen LogP contribution in [0.5, 0.6) is 0 Å². The van der Waals surface area contributed by atoms with Crippen molar-refractivity contribution >= 4 is 17.6 Å². The zero-order valence-corrected chi connectivity index (χ0v) is 15.1. The van der Waals surface area contributed by atoms with E-state index in [1.165, 1.54) is 4.90 Å². The van der Waals surface area contributed by atoms with Crippen molar-refractivity contribution < 1.29 is 14.4 Å². The molecule has 1 saturated carbocycles. The Labute approximate surface area is 139 Å². The first-order chi connectivity index (χ1) is 10.6. The molecule has 0 aromatic heterocycles. The Bertz CT molecular complexity index is 565. The first-order valence-corrected chi connectivity index (χ1v) is 8.66. The molecular weight excluding hydrogens is 290 g/mol. The minimum atomic E-state index is -1.14. The molecule has 4 heteroatoms. The Morgan fingerprint density at radius 3 is 2.35 bits per heavy atom. The fourth-order valence-electron chi connectivity index (χ4n) is 4.65. The second-order valence-electron chi connectivity index (χ2n) is 7.77. The summed E-state index contributed by atoms with van der Waals surface area (Å²) in [5.74, 6) is -0.623. The van der Waals surface area contributed by atoms with Crippen molar-refractivity contribution in [1.29, 1.82) is 0 Å². The molecule has 0 unspecified atom stereocenters. The van der Waals surface area contributed by atoms with Gasteiger partial charge in [0.2, 0.25) is 11.8 Å². The molecule has 3 atom stereocenters. The lowest BCUT2D eigenvalue weighted by molar-refractivity contribution is -0.161. The molecule has 2 amide bonds. The first kappa shape index (κ1) is 17.9. The van der Waals surface area contributed by atoms with E-state index in [2.05, 4.69) is 20.4 Å². The van der Waals surface area contributed by atoms with Crippen LogP contribution >= 0.6 is 0 Å². The number of ketones is 1. The second kappa shape index (κ2) is 5.57. The Morgan fingerprint density at radius 1 is 1.35 bits per heavy atom. The van der Waals surface area contributed by atoms with Crippen LogP contribution in [0.25, 0.3) is 0 Å². The lowest BCUT2D eigenvalue weighted by atomic mass is 9.72. The van der Waals surface area contributed by atoms with Gasteiger partial charge in [-0.15, -0.1) is 6.58 Å². The highest BCUT2D eigenvalue weighted by molar-refractivity contribution is 6.12. The smallest absolute Gasteiger partial charge is 0.243 e. The van der Waals surface area contributed by atoms with Crippen molar-refractivity contribution in [1.82, 2.24) is 4.90 Å². The third kappa shape index (κ3) is 2.06. The van der Waals surface area contributed by atoms with Crippen molar-refractivity contribution in [2.45, 2.75) is 72.3 Å². The Hall–Kier alpha value is -1.45.